The highest BCUT2D eigenvalue weighted by molar-refractivity contribution is 5.85. The van der Waals surface area contributed by atoms with Crippen LogP contribution in [-0.4, -0.2) is 37.7 Å². The molecule has 4 heteroatoms. The van der Waals surface area contributed by atoms with Crippen molar-refractivity contribution < 1.29 is 9.47 Å². The predicted octanol–water partition coefficient (Wildman–Crippen LogP) is 4.15. The molecule has 1 heterocycles. The summed E-state index contributed by atoms with van der Waals surface area (Å²) in [5.74, 6) is 1.74. The van der Waals surface area contributed by atoms with Crippen LogP contribution in [0.5, 0.6) is 11.5 Å². The summed E-state index contributed by atoms with van der Waals surface area (Å²) in [6, 6.07) is 7.96. The van der Waals surface area contributed by atoms with Gasteiger partial charge in [0.1, 0.15) is 0 Å². The Morgan fingerprint density at radius 3 is 2.19 bits per heavy atom. The Hall–Kier alpha value is -0.930. The van der Waals surface area contributed by atoms with Crippen LogP contribution in [0.25, 0.3) is 0 Å². The van der Waals surface area contributed by atoms with Crippen molar-refractivity contribution in [1.29, 1.82) is 0 Å². The number of ether oxygens (including phenoxy) is 2. The number of para-hydroxylation sites is 2. The second-order valence-corrected chi connectivity index (χ2v) is 5.40. The number of piperidine rings is 1. The van der Waals surface area contributed by atoms with Crippen molar-refractivity contribution in [2.24, 2.45) is 0 Å². The molecule has 0 aliphatic carbocycles. The summed E-state index contributed by atoms with van der Waals surface area (Å²) < 4.78 is 11.6. The number of likely N-dealkylation sites (tertiary alicyclic amines) is 1. The Kier molecular flexibility index (Phi) is 9.27. The van der Waals surface area contributed by atoms with E-state index in [2.05, 4.69) is 11.8 Å². The van der Waals surface area contributed by atoms with Crippen LogP contribution in [0, 0.1) is 0 Å². The lowest BCUT2D eigenvalue weighted by molar-refractivity contribution is 0.201. The molecular formula is C17H28ClNO2. The maximum atomic E-state index is 5.87. The maximum absolute atomic E-state index is 5.87. The second-order valence-electron chi connectivity index (χ2n) is 5.40. The van der Waals surface area contributed by atoms with E-state index in [9.17, 15) is 0 Å². The minimum atomic E-state index is 0. The van der Waals surface area contributed by atoms with Gasteiger partial charge < -0.3 is 14.4 Å². The molecule has 0 aromatic heterocycles. The molecule has 0 spiro atoms. The van der Waals surface area contributed by atoms with Crippen LogP contribution < -0.4 is 9.47 Å². The summed E-state index contributed by atoms with van der Waals surface area (Å²) in [4.78, 5) is 2.55. The molecule has 0 amide bonds. The standard InChI is InChI=1S/C17H27NO2.ClH/c1-2-14-19-16-9-4-5-10-17(16)20-15-8-13-18-11-6-3-7-12-18;/h4-5,9-10H,2-3,6-8,11-15H2,1H3;1H. The Morgan fingerprint density at radius 1 is 0.952 bits per heavy atom. The molecule has 0 bridgehead atoms. The Labute approximate surface area is 135 Å². The number of hydrogen-bond donors (Lipinski definition) is 0. The first-order chi connectivity index (χ1) is 9.90. The molecule has 1 aliphatic heterocycles. The highest BCUT2D eigenvalue weighted by Gasteiger charge is 2.09. The van der Waals surface area contributed by atoms with E-state index in [1.165, 1.54) is 32.4 Å². The SMILES string of the molecule is CCCOc1ccccc1OCCCN1CCCCC1.Cl. The Bertz CT molecular complexity index is 381. The molecule has 1 saturated heterocycles. The molecule has 0 atom stereocenters. The average Bonchev–Trinajstić information content (AvgIpc) is 2.51. The summed E-state index contributed by atoms with van der Waals surface area (Å²) >= 11 is 0. The molecule has 1 fully saturated rings. The van der Waals surface area contributed by atoms with Crippen molar-refractivity contribution >= 4 is 12.4 Å². The molecule has 1 aliphatic rings. The van der Waals surface area contributed by atoms with Gasteiger partial charge in [0.05, 0.1) is 13.2 Å². The fourth-order valence-electron chi connectivity index (χ4n) is 2.55. The third kappa shape index (κ3) is 6.58. The molecule has 1 aromatic carbocycles. The Morgan fingerprint density at radius 2 is 1.57 bits per heavy atom. The van der Waals surface area contributed by atoms with E-state index in [0.29, 0.717) is 0 Å². The van der Waals surface area contributed by atoms with E-state index in [-0.39, 0.29) is 12.4 Å². The van der Waals surface area contributed by atoms with E-state index in [1.807, 2.05) is 24.3 Å². The molecule has 0 unspecified atom stereocenters. The largest absolute Gasteiger partial charge is 0.490 e. The van der Waals surface area contributed by atoms with Crippen molar-refractivity contribution in [2.45, 2.75) is 39.0 Å². The van der Waals surface area contributed by atoms with Crippen molar-refractivity contribution in [2.75, 3.05) is 32.8 Å². The van der Waals surface area contributed by atoms with Gasteiger partial charge in [-0.2, -0.15) is 0 Å². The van der Waals surface area contributed by atoms with Gasteiger partial charge in [-0.05, 0) is 50.9 Å². The van der Waals surface area contributed by atoms with Gasteiger partial charge in [-0.25, -0.2) is 0 Å². The van der Waals surface area contributed by atoms with Gasteiger partial charge in [-0.15, -0.1) is 12.4 Å². The van der Waals surface area contributed by atoms with Crippen molar-refractivity contribution in [1.82, 2.24) is 4.90 Å². The summed E-state index contributed by atoms with van der Waals surface area (Å²) in [7, 11) is 0. The van der Waals surface area contributed by atoms with Crippen molar-refractivity contribution in [3.63, 3.8) is 0 Å². The smallest absolute Gasteiger partial charge is 0.161 e. The van der Waals surface area contributed by atoms with E-state index in [0.717, 1.165) is 44.1 Å². The lowest BCUT2D eigenvalue weighted by Gasteiger charge is -2.26. The monoisotopic (exact) mass is 313 g/mol. The van der Waals surface area contributed by atoms with Gasteiger partial charge in [0.25, 0.3) is 0 Å². The fraction of sp³-hybridized carbons (Fsp3) is 0.647. The number of benzene rings is 1. The highest BCUT2D eigenvalue weighted by atomic mass is 35.5. The summed E-state index contributed by atoms with van der Waals surface area (Å²) in [5.41, 5.74) is 0. The van der Waals surface area contributed by atoms with Crippen LogP contribution in [0.2, 0.25) is 0 Å². The minimum Gasteiger partial charge on any atom is -0.490 e. The first kappa shape index (κ1) is 18.1. The van der Waals surface area contributed by atoms with Gasteiger partial charge in [0, 0.05) is 6.54 Å². The van der Waals surface area contributed by atoms with E-state index in [1.54, 1.807) is 0 Å². The van der Waals surface area contributed by atoms with Crippen LogP contribution in [0.15, 0.2) is 24.3 Å². The van der Waals surface area contributed by atoms with E-state index in [4.69, 9.17) is 9.47 Å². The molecule has 3 nitrogen and oxygen atoms in total. The molecule has 0 N–H and O–H groups in total. The summed E-state index contributed by atoms with van der Waals surface area (Å²) in [6.07, 6.45) is 6.21. The maximum Gasteiger partial charge on any atom is 0.161 e. The molecule has 21 heavy (non-hydrogen) atoms. The quantitative estimate of drug-likeness (QED) is 0.673. The molecule has 2 rings (SSSR count). The number of nitrogens with zero attached hydrogens (tertiary/aromatic N) is 1. The third-order valence-corrected chi connectivity index (χ3v) is 3.64. The molecule has 120 valence electrons. The van der Waals surface area contributed by atoms with Crippen LogP contribution in [0.1, 0.15) is 39.0 Å². The van der Waals surface area contributed by atoms with Crippen LogP contribution in [0.4, 0.5) is 0 Å². The van der Waals surface area contributed by atoms with E-state index >= 15 is 0 Å². The lowest BCUT2D eigenvalue weighted by atomic mass is 10.1. The molecular weight excluding hydrogens is 286 g/mol. The zero-order chi connectivity index (χ0) is 14.0. The summed E-state index contributed by atoms with van der Waals surface area (Å²) in [5, 5.41) is 0. The number of halogens is 1. The first-order valence-electron chi connectivity index (χ1n) is 7.97. The van der Waals surface area contributed by atoms with Gasteiger partial charge >= 0.3 is 0 Å². The van der Waals surface area contributed by atoms with Crippen molar-refractivity contribution in [3.05, 3.63) is 24.3 Å². The second kappa shape index (κ2) is 10.7. The fourth-order valence-corrected chi connectivity index (χ4v) is 2.55. The summed E-state index contributed by atoms with van der Waals surface area (Å²) in [6.45, 7) is 7.30. The van der Waals surface area contributed by atoms with Gasteiger partial charge in [-0.1, -0.05) is 25.5 Å². The predicted molar refractivity (Wildman–Crippen MR) is 89.9 cm³/mol. The zero-order valence-corrected chi connectivity index (χ0v) is 13.9. The van der Waals surface area contributed by atoms with Crippen molar-refractivity contribution in [3.8, 4) is 11.5 Å². The number of rotatable bonds is 8. The van der Waals surface area contributed by atoms with Crippen LogP contribution >= 0.6 is 12.4 Å². The van der Waals surface area contributed by atoms with E-state index < -0.39 is 0 Å². The van der Waals surface area contributed by atoms with Gasteiger partial charge in [0.2, 0.25) is 0 Å². The molecule has 1 aromatic rings. The first-order valence-corrected chi connectivity index (χ1v) is 7.97. The molecule has 0 radical (unpaired) electrons. The topological polar surface area (TPSA) is 21.7 Å². The van der Waals surface area contributed by atoms with Crippen LogP contribution in [0.3, 0.4) is 0 Å². The zero-order valence-electron chi connectivity index (χ0n) is 13.1. The number of hydrogen-bond acceptors (Lipinski definition) is 3. The third-order valence-electron chi connectivity index (χ3n) is 3.64. The average molecular weight is 314 g/mol. The highest BCUT2D eigenvalue weighted by Crippen LogP contribution is 2.26. The minimum absolute atomic E-state index is 0. The normalized spacial score (nSPS) is 15.3. The Balaban J connectivity index is 0.00000220. The molecule has 0 saturated carbocycles. The van der Waals surface area contributed by atoms with Gasteiger partial charge in [-0.3, -0.25) is 0 Å². The van der Waals surface area contributed by atoms with Gasteiger partial charge in [0.15, 0.2) is 11.5 Å². The lowest BCUT2D eigenvalue weighted by Crippen LogP contribution is -2.31. The van der Waals surface area contributed by atoms with Crippen LogP contribution in [-0.2, 0) is 0 Å².